The van der Waals surface area contributed by atoms with Gasteiger partial charge in [-0.05, 0) is 157 Å². The first-order valence-electron chi connectivity index (χ1n) is 29.7. The molecule has 21 atom stereocenters. The van der Waals surface area contributed by atoms with E-state index in [0.29, 0.717) is 54.6 Å². The molecule has 0 unspecified atom stereocenters. The summed E-state index contributed by atoms with van der Waals surface area (Å²) in [5.74, 6) is -2.25. The average molecular weight is 1150 g/mol. The molecule has 9 bridgehead atoms. The Kier molecular flexibility index (Phi) is 12.4. The van der Waals surface area contributed by atoms with Crippen molar-refractivity contribution < 1.29 is 49.6 Å². The van der Waals surface area contributed by atoms with Gasteiger partial charge in [0.15, 0.2) is 17.5 Å². The van der Waals surface area contributed by atoms with Crippen LogP contribution in [0.2, 0.25) is 0 Å². The number of H-pyrrole nitrogens is 1. The Bertz CT molecular complexity index is 3270. The fraction of sp³-hybridized carbons (Fsp3) is 0.629. The zero-order chi connectivity index (χ0) is 53.5. The van der Waals surface area contributed by atoms with Crippen molar-refractivity contribution in [2.45, 2.75) is 159 Å². The van der Waals surface area contributed by atoms with Crippen molar-refractivity contribution in [1.29, 1.82) is 0 Å². The maximum atomic E-state index is 15.8. The van der Waals surface area contributed by atoms with E-state index in [-0.39, 0.29) is 57.4 Å². The topological polar surface area (TPSA) is 206 Å². The molecule has 7 aliphatic heterocycles. The van der Waals surface area contributed by atoms with E-state index >= 15 is 4.79 Å². The lowest BCUT2D eigenvalue weighted by molar-refractivity contribution is -0.381. The molecule has 8 heterocycles. The Balaban J connectivity index is 0.906. The van der Waals surface area contributed by atoms with Crippen LogP contribution in [0.25, 0.3) is 32.4 Å². The minimum Gasteiger partial charge on any atom is -0.508 e. The summed E-state index contributed by atoms with van der Waals surface area (Å²) in [6, 6.07) is 22.6. The molecule has 2 spiro atoms. The summed E-state index contributed by atoms with van der Waals surface area (Å²) in [5, 5.41) is 90.3. The van der Waals surface area contributed by atoms with Gasteiger partial charge in [0.1, 0.15) is 18.0 Å². The van der Waals surface area contributed by atoms with Crippen LogP contribution in [0.4, 0.5) is 0 Å². The molecule has 420 valence electrons. The number of hydrogen-bond donors (Lipinski definition) is 9. The first kappa shape index (κ1) is 51.9. The number of nitrogens with one attached hydrogen (secondary N) is 3. The SMILES string of the molecule is CN[C@H]1CSS[C@H]2CSS[C@@H](CNC3CCCCC3)[C@H]3C[C@@H]4[C@H]5C[C@@H]1[C@H](O)[C@]1(CC[C@@H]6C[C@H]7CC[C@H]8[C@@H]2c2cc(O)ccc2[C@]61[C@@H]78)[C@@H]5O[C@H]1[C@H](C(=O)Oc2c(CO)[nH]c5ccc6cc7ccccc7cc6c25)O[C@@](O)([C@@H]3O)[C@@]41O. The van der Waals surface area contributed by atoms with Crippen molar-refractivity contribution in [2.75, 3.05) is 25.1 Å². The van der Waals surface area contributed by atoms with Crippen LogP contribution in [-0.2, 0) is 26.3 Å². The number of carbonyl (C=O) groups is 1. The van der Waals surface area contributed by atoms with E-state index in [0.717, 1.165) is 84.4 Å². The largest absolute Gasteiger partial charge is 0.508 e. The number of aliphatic hydroxyl groups excluding tert-OH is 3. The predicted octanol–water partition coefficient (Wildman–Crippen LogP) is 8.67. The lowest BCUT2D eigenvalue weighted by Gasteiger charge is -2.69. The highest BCUT2D eigenvalue weighted by atomic mass is 33.1. The van der Waals surface area contributed by atoms with Crippen LogP contribution in [0.1, 0.15) is 99.8 Å². The van der Waals surface area contributed by atoms with E-state index in [1.54, 1.807) is 10.8 Å². The summed E-state index contributed by atoms with van der Waals surface area (Å²) in [6.07, 6.45) is 4.95. The van der Waals surface area contributed by atoms with Crippen LogP contribution in [0.5, 0.6) is 11.5 Å². The second kappa shape index (κ2) is 18.9. The first-order valence-corrected chi connectivity index (χ1v) is 34.4. The third-order valence-electron chi connectivity index (χ3n) is 23.4. The van der Waals surface area contributed by atoms with Gasteiger partial charge in [-0.3, -0.25) is 0 Å². The summed E-state index contributed by atoms with van der Waals surface area (Å²) in [5.41, 5.74) is -0.364. The third-order valence-corrected chi connectivity index (χ3v) is 29.4. The van der Waals surface area contributed by atoms with Gasteiger partial charge in [-0.25, -0.2) is 4.79 Å². The molecular weight excluding hydrogens is 1070 g/mol. The van der Waals surface area contributed by atoms with Gasteiger partial charge in [-0.15, -0.1) is 0 Å². The number of phenols is 1. The van der Waals surface area contributed by atoms with E-state index < -0.39 is 83.1 Å². The molecule has 5 aromatic rings. The molecule has 7 aliphatic carbocycles. The van der Waals surface area contributed by atoms with Gasteiger partial charge in [0.25, 0.3) is 0 Å². The second-order valence-corrected chi connectivity index (χ2v) is 31.4. The molecule has 13 nitrogen and oxygen atoms in total. The average Bonchev–Trinajstić information content (AvgIpc) is 1.67. The summed E-state index contributed by atoms with van der Waals surface area (Å²) >= 11 is 0. The molecule has 9 N–H and O–H groups in total. The minimum atomic E-state index is -2.66. The number of hydrogen-bond acceptors (Lipinski definition) is 16. The number of rotatable bonds is 7. The van der Waals surface area contributed by atoms with Crippen LogP contribution in [0.3, 0.4) is 0 Å². The van der Waals surface area contributed by atoms with Gasteiger partial charge in [-0.2, -0.15) is 0 Å². The lowest BCUT2D eigenvalue weighted by Crippen LogP contribution is -2.80. The summed E-state index contributed by atoms with van der Waals surface area (Å²) in [7, 11) is 9.54. The number of esters is 1. The molecule has 0 radical (unpaired) electrons. The number of aromatic nitrogens is 1. The standard InChI is InChI=1S/C62H73N3O10S4/c1-63-46-27-76-79-48-28-77-78-47(25-64-34-9-3-2-4-10-34)41-24-43-39-23-40(46)54(68)59(18-17-33-20-32-11-14-36-49(48)38-22-35(67)13-15-42(38)60(33,59)51(32)36)56(39)74-57-53(75-62(72,55(41)69)61(43,57)71)58(70)73-52-45(26-66)65-44-16-12-31-19-29-7-5-6-8-30(29)21-37(31)50(44)52/h5-8,12-13,15-16,19,21-22,32-34,36,39-41,43,46-49,51,53-57,63-69,71-72H,2-4,9-11,14,17-18,20,23-28H2,1H3/t32-,33-,36+,39-,40+,41-,43-,46+,47+,48+,49-,51+,53-,54+,55-,56-,57+,59-,60+,61-,62+/m1/s1. The monoisotopic (exact) mass is 1150 g/mol. The Morgan fingerprint density at radius 1 is 0.835 bits per heavy atom. The fourth-order valence-electron chi connectivity index (χ4n) is 20.6. The fourth-order valence-corrected chi connectivity index (χ4v) is 27.6. The van der Waals surface area contributed by atoms with Crippen molar-refractivity contribution in [1.82, 2.24) is 15.6 Å². The maximum Gasteiger partial charge on any atom is 0.343 e. The molecule has 79 heavy (non-hydrogen) atoms. The highest BCUT2D eigenvalue weighted by molar-refractivity contribution is 8.78. The zero-order valence-corrected chi connectivity index (χ0v) is 47.8. The minimum absolute atomic E-state index is 0.0976. The Morgan fingerprint density at radius 3 is 2.48 bits per heavy atom. The number of aromatic hydroxyl groups is 1. The smallest absolute Gasteiger partial charge is 0.343 e. The van der Waals surface area contributed by atoms with E-state index in [9.17, 15) is 30.6 Å². The van der Waals surface area contributed by atoms with Crippen molar-refractivity contribution >= 4 is 81.6 Å². The van der Waals surface area contributed by atoms with E-state index in [1.165, 1.54) is 17.5 Å². The normalized spacial score (nSPS) is 44.7. The highest BCUT2D eigenvalue weighted by Crippen LogP contribution is 2.82. The van der Waals surface area contributed by atoms with Crippen molar-refractivity contribution in [3.63, 3.8) is 0 Å². The van der Waals surface area contributed by atoms with Gasteiger partial charge in [0.05, 0.1) is 35.4 Å². The second-order valence-electron chi connectivity index (χ2n) is 26.1. The van der Waals surface area contributed by atoms with Gasteiger partial charge in [-0.1, -0.05) is 98.8 Å². The van der Waals surface area contributed by atoms with E-state index in [1.807, 2.05) is 75.8 Å². The Hall–Kier alpha value is -2.75. The third kappa shape index (κ3) is 6.94. The summed E-state index contributed by atoms with van der Waals surface area (Å²) in [6.45, 7) is 0.110. The molecule has 19 rings (SSSR count). The molecule has 4 aromatic carbocycles. The number of aromatic amines is 1. The first-order chi connectivity index (χ1) is 38.4. The number of fused-ring (bicyclic) bond motifs is 4. The molecule has 14 aliphatic rings. The van der Waals surface area contributed by atoms with E-state index in [2.05, 4.69) is 45.9 Å². The number of carbonyl (C=O) groups excluding carboxylic acids is 1. The van der Waals surface area contributed by atoms with Crippen LogP contribution >= 0.6 is 43.2 Å². The molecule has 0 amide bonds. The van der Waals surface area contributed by atoms with E-state index in [4.69, 9.17) is 14.2 Å². The van der Waals surface area contributed by atoms with Crippen molar-refractivity contribution in [3.8, 4) is 11.5 Å². The molecule has 6 saturated carbocycles. The van der Waals surface area contributed by atoms with Crippen LogP contribution in [-0.4, -0.2) is 131 Å². The summed E-state index contributed by atoms with van der Waals surface area (Å²) in [4.78, 5) is 19.1. The van der Waals surface area contributed by atoms with Crippen LogP contribution in [0.15, 0.2) is 66.7 Å². The highest BCUT2D eigenvalue weighted by Gasteiger charge is 2.85. The Morgan fingerprint density at radius 2 is 1.66 bits per heavy atom. The van der Waals surface area contributed by atoms with Gasteiger partial charge >= 0.3 is 5.97 Å². The quantitative estimate of drug-likeness (QED) is 0.0425. The molecule has 1 aromatic heterocycles. The Labute approximate surface area is 476 Å². The molecule has 17 heteroatoms. The van der Waals surface area contributed by atoms with Gasteiger partial charge in [0.2, 0.25) is 5.79 Å². The predicted molar refractivity (Wildman–Crippen MR) is 311 cm³/mol. The van der Waals surface area contributed by atoms with Gasteiger partial charge < -0.3 is 60.5 Å². The molecular formula is C62H73N3O10S4. The lowest BCUT2D eigenvalue weighted by atomic mass is 9.39. The van der Waals surface area contributed by atoms with Crippen LogP contribution in [0, 0.1) is 52.8 Å². The molecule has 5 saturated heterocycles. The molecule has 11 fully saturated rings. The van der Waals surface area contributed by atoms with Crippen molar-refractivity contribution in [3.05, 3.63) is 83.6 Å². The van der Waals surface area contributed by atoms with Crippen LogP contribution < -0.4 is 15.4 Å². The number of ether oxygens (including phenoxy) is 3. The van der Waals surface area contributed by atoms with Gasteiger partial charge in [0, 0.05) is 75.1 Å². The number of phenolic OH excluding ortho intramolecular Hbond substituents is 1. The summed E-state index contributed by atoms with van der Waals surface area (Å²) < 4.78 is 21.4. The number of benzene rings is 4. The van der Waals surface area contributed by atoms with Crippen molar-refractivity contribution in [2.24, 2.45) is 52.8 Å². The zero-order valence-electron chi connectivity index (χ0n) is 44.5. The number of aliphatic hydroxyl groups is 5. The maximum absolute atomic E-state index is 15.8.